The molecule has 0 saturated carbocycles. The van der Waals surface area contributed by atoms with E-state index in [1.54, 1.807) is 41.2 Å². The highest BCUT2D eigenvalue weighted by Crippen LogP contribution is 2.22. The minimum atomic E-state index is -0.0166. The molecule has 24 heavy (non-hydrogen) atoms. The van der Waals surface area contributed by atoms with E-state index < -0.39 is 0 Å². The molecule has 2 heterocycles. The minimum Gasteiger partial charge on any atom is -0.467 e. The van der Waals surface area contributed by atoms with Gasteiger partial charge in [0.05, 0.1) is 24.2 Å². The number of benzene rings is 1. The fourth-order valence-electron chi connectivity index (χ4n) is 2.09. The molecule has 124 valence electrons. The van der Waals surface area contributed by atoms with Crippen LogP contribution < -0.4 is 0 Å². The van der Waals surface area contributed by atoms with Crippen LogP contribution in [-0.2, 0) is 11.3 Å². The van der Waals surface area contributed by atoms with Gasteiger partial charge in [-0.25, -0.2) is 0 Å². The summed E-state index contributed by atoms with van der Waals surface area (Å²) in [6, 6.07) is 11.0. The monoisotopic (exact) mass is 362 g/mol. The second kappa shape index (κ2) is 7.55. The van der Waals surface area contributed by atoms with Crippen LogP contribution in [0.2, 0.25) is 5.02 Å². The van der Waals surface area contributed by atoms with E-state index in [4.69, 9.17) is 16.0 Å². The third-order valence-electron chi connectivity index (χ3n) is 3.33. The average molecular weight is 363 g/mol. The van der Waals surface area contributed by atoms with Gasteiger partial charge < -0.3 is 9.32 Å². The van der Waals surface area contributed by atoms with Gasteiger partial charge in [0.15, 0.2) is 5.16 Å². The molecule has 3 aromatic rings. The number of hydrogen-bond acceptors (Lipinski definition) is 5. The fourth-order valence-corrected chi connectivity index (χ4v) is 3.14. The molecule has 0 spiro atoms. The fraction of sp³-hybridized carbons (Fsp3) is 0.188. The summed E-state index contributed by atoms with van der Waals surface area (Å²) in [5, 5.41) is 9.26. The molecule has 2 aromatic heterocycles. The van der Waals surface area contributed by atoms with Crippen LogP contribution >= 0.6 is 23.4 Å². The standard InChI is InChI=1S/C16H15ClN4O2S/c1-20(9-14-6-3-7-23-14)15(22)10-24-16-19-18-11-21(16)13-5-2-4-12(17)8-13/h2-8,11H,9-10H2,1H3. The number of aromatic nitrogens is 3. The Labute approximate surface area is 148 Å². The van der Waals surface area contributed by atoms with E-state index in [1.165, 1.54) is 11.8 Å². The zero-order valence-electron chi connectivity index (χ0n) is 12.9. The van der Waals surface area contributed by atoms with Crippen molar-refractivity contribution >= 4 is 29.3 Å². The van der Waals surface area contributed by atoms with Crippen LogP contribution in [0, 0.1) is 0 Å². The van der Waals surface area contributed by atoms with Gasteiger partial charge in [-0.2, -0.15) is 0 Å². The molecule has 0 aliphatic heterocycles. The number of hydrogen-bond donors (Lipinski definition) is 0. The highest BCUT2D eigenvalue weighted by molar-refractivity contribution is 7.99. The third-order valence-corrected chi connectivity index (χ3v) is 4.49. The van der Waals surface area contributed by atoms with Crippen LogP contribution in [0.25, 0.3) is 5.69 Å². The molecule has 3 rings (SSSR count). The van der Waals surface area contributed by atoms with Gasteiger partial charge >= 0.3 is 0 Å². The van der Waals surface area contributed by atoms with Crippen molar-refractivity contribution < 1.29 is 9.21 Å². The van der Waals surface area contributed by atoms with E-state index in [9.17, 15) is 4.79 Å². The Kier molecular flexibility index (Phi) is 5.22. The Hall–Kier alpha value is -2.25. The van der Waals surface area contributed by atoms with Gasteiger partial charge in [0.25, 0.3) is 0 Å². The maximum atomic E-state index is 12.3. The summed E-state index contributed by atoms with van der Waals surface area (Å²) in [6.07, 6.45) is 3.20. The summed E-state index contributed by atoms with van der Waals surface area (Å²) in [4.78, 5) is 13.9. The summed E-state index contributed by atoms with van der Waals surface area (Å²) in [6.45, 7) is 0.438. The van der Waals surface area contributed by atoms with Gasteiger partial charge in [-0.15, -0.1) is 10.2 Å². The van der Waals surface area contributed by atoms with E-state index in [0.29, 0.717) is 16.7 Å². The van der Waals surface area contributed by atoms with Crippen LogP contribution in [0.3, 0.4) is 0 Å². The van der Waals surface area contributed by atoms with Gasteiger partial charge in [-0.05, 0) is 30.3 Å². The second-order valence-electron chi connectivity index (χ2n) is 5.08. The molecule has 6 nitrogen and oxygen atoms in total. The van der Waals surface area contributed by atoms with Crippen LogP contribution in [-0.4, -0.2) is 38.4 Å². The minimum absolute atomic E-state index is 0.0166. The van der Waals surface area contributed by atoms with Crippen LogP contribution in [0.5, 0.6) is 0 Å². The van der Waals surface area contributed by atoms with E-state index in [0.717, 1.165) is 11.4 Å². The number of nitrogens with zero attached hydrogens (tertiary/aromatic N) is 4. The molecule has 0 fully saturated rings. The maximum Gasteiger partial charge on any atom is 0.233 e. The van der Waals surface area contributed by atoms with E-state index in [2.05, 4.69) is 10.2 Å². The van der Waals surface area contributed by atoms with Crippen molar-refractivity contribution in [2.45, 2.75) is 11.7 Å². The number of thioether (sulfide) groups is 1. The van der Waals surface area contributed by atoms with Crippen molar-refractivity contribution in [1.29, 1.82) is 0 Å². The van der Waals surface area contributed by atoms with Crippen molar-refractivity contribution in [2.75, 3.05) is 12.8 Å². The maximum absolute atomic E-state index is 12.3. The quantitative estimate of drug-likeness (QED) is 0.630. The molecule has 0 bridgehead atoms. The number of furan rings is 1. The Bertz CT molecular complexity index is 819. The van der Waals surface area contributed by atoms with Crippen molar-refractivity contribution in [3.63, 3.8) is 0 Å². The Balaban J connectivity index is 1.63. The zero-order valence-corrected chi connectivity index (χ0v) is 14.5. The van der Waals surface area contributed by atoms with Crippen molar-refractivity contribution in [3.8, 4) is 5.69 Å². The SMILES string of the molecule is CN(Cc1ccco1)C(=O)CSc1nncn1-c1cccc(Cl)c1. The number of carbonyl (C=O) groups excluding carboxylic acids is 1. The van der Waals surface area contributed by atoms with E-state index in [1.807, 2.05) is 24.3 Å². The molecular formula is C16H15ClN4O2S. The lowest BCUT2D eigenvalue weighted by Gasteiger charge is -2.15. The molecule has 0 radical (unpaired) electrons. The second-order valence-corrected chi connectivity index (χ2v) is 6.46. The summed E-state index contributed by atoms with van der Waals surface area (Å²) in [5.74, 6) is 0.992. The lowest BCUT2D eigenvalue weighted by atomic mass is 10.3. The molecule has 0 atom stereocenters. The van der Waals surface area contributed by atoms with Crippen molar-refractivity contribution in [1.82, 2.24) is 19.7 Å². The van der Waals surface area contributed by atoms with Gasteiger partial charge in [-0.3, -0.25) is 9.36 Å². The van der Waals surface area contributed by atoms with Gasteiger partial charge in [0.2, 0.25) is 5.91 Å². The van der Waals surface area contributed by atoms with Crippen LogP contribution in [0.1, 0.15) is 5.76 Å². The lowest BCUT2D eigenvalue weighted by molar-refractivity contribution is -0.127. The normalized spacial score (nSPS) is 10.8. The predicted molar refractivity (Wildman–Crippen MR) is 92.3 cm³/mol. The first-order valence-electron chi connectivity index (χ1n) is 7.18. The first-order valence-corrected chi connectivity index (χ1v) is 8.55. The molecule has 1 amide bonds. The molecule has 0 aliphatic carbocycles. The lowest BCUT2D eigenvalue weighted by Crippen LogP contribution is -2.27. The highest BCUT2D eigenvalue weighted by Gasteiger charge is 2.14. The van der Waals surface area contributed by atoms with E-state index in [-0.39, 0.29) is 11.7 Å². The van der Waals surface area contributed by atoms with Crippen molar-refractivity contribution in [3.05, 3.63) is 59.8 Å². The third kappa shape index (κ3) is 3.98. The predicted octanol–water partition coefficient (Wildman–Crippen LogP) is 3.26. The Morgan fingerprint density at radius 1 is 1.38 bits per heavy atom. The molecule has 0 aliphatic rings. The van der Waals surface area contributed by atoms with Gasteiger partial charge in [0, 0.05) is 12.1 Å². The number of rotatable bonds is 6. The van der Waals surface area contributed by atoms with Gasteiger partial charge in [0.1, 0.15) is 12.1 Å². The molecule has 0 N–H and O–H groups in total. The van der Waals surface area contributed by atoms with Crippen molar-refractivity contribution in [2.24, 2.45) is 0 Å². The average Bonchev–Trinajstić information content (AvgIpc) is 3.23. The van der Waals surface area contributed by atoms with Gasteiger partial charge in [-0.1, -0.05) is 29.4 Å². The molecule has 0 saturated heterocycles. The van der Waals surface area contributed by atoms with E-state index >= 15 is 0 Å². The largest absolute Gasteiger partial charge is 0.467 e. The first-order chi connectivity index (χ1) is 11.6. The topological polar surface area (TPSA) is 64.2 Å². The summed E-state index contributed by atoms with van der Waals surface area (Å²) < 4.78 is 7.06. The number of carbonyl (C=O) groups is 1. The summed E-state index contributed by atoms with van der Waals surface area (Å²) in [7, 11) is 1.74. The number of halogens is 1. The highest BCUT2D eigenvalue weighted by atomic mass is 35.5. The molecule has 8 heteroatoms. The molecule has 0 unspecified atom stereocenters. The molecule has 1 aromatic carbocycles. The Morgan fingerprint density at radius 2 is 2.25 bits per heavy atom. The van der Waals surface area contributed by atoms with Crippen LogP contribution in [0.4, 0.5) is 0 Å². The molecular weight excluding hydrogens is 348 g/mol. The summed E-state index contributed by atoms with van der Waals surface area (Å²) >= 11 is 7.35. The Morgan fingerprint density at radius 3 is 3.00 bits per heavy atom. The zero-order chi connectivity index (χ0) is 16.9. The number of amides is 1. The summed E-state index contributed by atoms with van der Waals surface area (Å²) in [5.41, 5.74) is 0.853. The van der Waals surface area contributed by atoms with Crippen LogP contribution in [0.15, 0.2) is 58.6 Å². The smallest absolute Gasteiger partial charge is 0.233 e. The first kappa shape index (κ1) is 16.6.